The van der Waals surface area contributed by atoms with Crippen molar-refractivity contribution in [2.75, 3.05) is 11.9 Å². The van der Waals surface area contributed by atoms with Gasteiger partial charge in [0.1, 0.15) is 0 Å². The van der Waals surface area contributed by atoms with E-state index >= 15 is 0 Å². The molecule has 0 radical (unpaired) electrons. The van der Waals surface area contributed by atoms with Crippen LogP contribution in [0, 0.1) is 0 Å². The van der Waals surface area contributed by atoms with E-state index < -0.39 is 17.6 Å². The molecule has 4 rings (SSSR count). The highest BCUT2D eigenvalue weighted by Crippen LogP contribution is 2.41. The van der Waals surface area contributed by atoms with Crippen molar-refractivity contribution >= 4 is 22.5 Å². The summed E-state index contributed by atoms with van der Waals surface area (Å²) in [6, 6.07) is 5.17. The molecule has 2 heterocycles. The van der Waals surface area contributed by atoms with Gasteiger partial charge in [0.05, 0.1) is 28.6 Å². The highest BCUT2D eigenvalue weighted by molar-refractivity contribution is 6.07. The second kappa shape index (κ2) is 7.88. The summed E-state index contributed by atoms with van der Waals surface area (Å²) in [5, 5.41) is 23.2. The Balaban J connectivity index is 1.69. The van der Waals surface area contributed by atoms with Crippen LogP contribution in [0.2, 0.25) is 0 Å². The zero-order valence-corrected chi connectivity index (χ0v) is 17.4. The number of nitrogens with one attached hydrogen (secondary N) is 3. The summed E-state index contributed by atoms with van der Waals surface area (Å²) in [5.74, 6) is -3.06. The fourth-order valence-electron chi connectivity index (χ4n) is 3.65. The number of fused-ring (bicyclic) bond motifs is 1. The van der Waals surface area contributed by atoms with E-state index in [0.717, 1.165) is 11.1 Å². The zero-order chi connectivity index (χ0) is 22.2. The molecule has 1 aliphatic rings. The van der Waals surface area contributed by atoms with Gasteiger partial charge in [-0.25, -0.2) is 8.78 Å². The molecule has 1 aliphatic carbocycles. The number of nitrogens with zero attached hydrogens (tertiary/aromatic N) is 2. The lowest BCUT2D eigenvalue weighted by Crippen LogP contribution is -2.44. The van der Waals surface area contributed by atoms with Crippen molar-refractivity contribution in [1.82, 2.24) is 20.5 Å². The molecule has 3 aromatic rings. The molecule has 4 N–H and O–H groups in total. The van der Waals surface area contributed by atoms with Crippen LogP contribution in [0.1, 0.15) is 43.5 Å². The number of amides is 1. The molecule has 0 saturated heterocycles. The molecule has 0 bridgehead atoms. The van der Waals surface area contributed by atoms with Gasteiger partial charge in [0.25, 0.3) is 11.8 Å². The largest absolute Gasteiger partial charge is 0.390 e. The summed E-state index contributed by atoms with van der Waals surface area (Å²) in [7, 11) is 0. The minimum absolute atomic E-state index is 0.274. The molecule has 1 fully saturated rings. The maximum atomic E-state index is 13.4. The van der Waals surface area contributed by atoms with Gasteiger partial charge in [-0.3, -0.25) is 14.9 Å². The number of aromatic amines is 1. The molecule has 2 aromatic heterocycles. The average Bonchev–Trinajstić information content (AvgIpc) is 3.20. The zero-order valence-electron chi connectivity index (χ0n) is 17.4. The van der Waals surface area contributed by atoms with Crippen LogP contribution in [0.3, 0.4) is 0 Å². The highest BCUT2D eigenvalue weighted by atomic mass is 19.3. The predicted octanol–water partition coefficient (Wildman–Crippen LogP) is 3.73. The minimum Gasteiger partial charge on any atom is -0.390 e. The van der Waals surface area contributed by atoms with Gasteiger partial charge < -0.3 is 15.7 Å². The Morgan fingerprint density at radius 3 is 2.71 bits per heavy atom. The fourth-order valence-corrected chi connectivity index (χ4v) is 3.65. The van der Waals surface area contributed by atoms with Crippen LogP contribution < -0.4 is 10.6 Å². The number of aromatic nitrogens is 3. The second-order valence-electron chi connectivity index (χ2n) is 8.69. The summed E-state index contributed by atoms with van der Waals surface area (Å²) in [5.41, 5.74) is 2.23. The van der Waals surface area contributed by atoms with Gasteiger partial charge >= 0.3 is 0 Å². The normalized spacial score (nSPS) is 16.2. The molecule has 1 saturated carbocycles. The first-order valence-electron chi connectivity index (χ1n) is 10.2. The summed E-state index contributed by atoms with van der Waals surface area (Å²) >= 11 is 0. The molecule has 1 aromatic carbocycles. The highest BCUT2D eigenvalue weighted by Gasteiger charge is 2.45. The first-order chi connectivity index (χ1) is 14.6. The third-order valence-electron chi connectivity index (χ3n) is 5.41. The van der Waals surface area contributed by atoms with E-state index in [1.54, 1.807) is 26.2 Å². The first-order valence-corrected chi connectivity index (χ1v) is 10.2. The Morgan fingerprint density at radius 2 is 2.06 bits per heavy atom. The monoisotopic (exact) mass is 429 g/mol. The van der Waals surface area contributed by atoms with Crippen molar-refractivity contribution in [3.05, 3.63) is 42.4 Å². The second-order valence-corrected chi connectivity index (χ2v) is 8.69. The number of carbonyl (C=O) groups excluding carboxylic acids is 1. The standard InChI is InChI=1S/C22H25F2N5O2/c1-21(2,31)5-6-25-20(30)17-12-26-18-4-3-13(14-10-27-28-11-14)7-16(18)19(17)29-15-8-22(23,24)9-15/h3-4,7,10-12,15,31H,5-6,8-9H2,1-2H3,(H,25,30)(H,26,29)(H,27,28). The molecule has 0 aliphatic heterocycles. The van der Waals surface area contributed by atoms with Gasteiger partial charge in [-0.05, 0) is 38.0 Å². The van der Waals surface area contributed by atoms with E-state index in [0.29, 0.717) is 23.0 Å². The van der Waals surface area contributed by atoms with Crippen LogP contribution in [0.5, 0.6) is 0 Å². The van der Waals surface area contributed by atoms with E-state index in [2.05, 4.69) is 25.8 Å². The number of halogens is 2. The van der Waals surface area contributed by atoms with Crippen LogP contribution in [-0.2, 0) is 0 Å². The van der Waals surface area contributed by atoms with Crippen molar-refractivity contribution in [3.8, 4) is 11.1 Å². The number of carbonyl (C=O) groups is 1. The first kappa shape index (κ1) is 21.2. The maximum Gasteiger partial charge on any atom is 0.254 e. The Morgan fingerprint density at radius 1 is 1.29 bits per heavy atom. The van der Waals surface area contributed by atoms with Crippen molar-refractivity contribution < 1.29 is 18.7 Å². The van der Waals surface area contributed by atoms with E-state index in [9.17, 15) is 18.7 Å². The summed E-state index contributed by atoms with van der Waals surface area (Å²) < 4.78 is 26.9. The van der Waals surface area contributed by atoms with Gasteiger partial charge in [-0.15, -0.1) is 0 Å². The molecule has 7 nitrogen and oxygen atoms in total. The van der Waals surface area contributed by atoms with Crippen LogP contribution in [-0.4, -0.2) is 50.3 Å². The molecular weight excluding hydrogens is 404 g/mol. The SMILES string of the molecule is CC(C)(O)CCNC(=O)c1cnc2ccc(-c3cn[nH]c3)cc2c1NC1CC(F)(F)C1. The van der Waals surface area contributed by atoms with Crippen molar-refractivity contribution in [1.29, 1.82) is 0 Å². The Bertz CT molecular complexity index is 1090. The van der Waals surface area contributed by atoms with Crippen molar-refractivity contribution in [3.63, 3.8) is 0 Å². The molecule has 0 spiro atoms. The van der Waals surface area contributed by atoms with Gasteiger partial charge in [-0.1, -0.05) is 6.07 Å². The number of benzene rings is 1. The maximum absolute atomic E-state index is 13.4. The van der Waals surface area contributed by atoms with Crippen molar-refractivity contribution in [2.45, 2.75) is 50.7 Å². The molecule has 9 heteroatoms. The molecule has 0 atom stereocenters. The van der Waals surface area contributed by atoms with Crippen LogP contribution in [0.4, 0.5) is 14.5 Å². The molecule has 0 unspecified atom stereocenters. The number of alkyl halides is 2. The quantitative estimate of drug-likeness (QED) is 0.458. The Hall–Kier alpha value is -3.07. The topological polar surface area (TPSA) is 103 Å². The lowest BCUT2D eigenvalue weighted by Gasteiger charge is -2.36. The number of hydrogen-bond donors (Lipinski definition) is 4. The molecule has 164 valence electrons. The Kier molecular flexibility index (Phi) is 5.38. The molecule has 1 amide bonds. The fraction of sp³-hybridized carbons (Fsp3) is 0.409. The third-order valence-corrected chi connectivity index (χ3v) is 5.41. The van der Waals surface area contributed by atoms with E-state index in [4.69, 9.17) is 0 Å². The molecule has 31 heavy (non-hydrogen) atoms. The number of H-pyrrole nitrogens is 1. The van der Waals surface area contributed by atoms with E-state index in [-0.39, 0.29) is 30.9 Å². The van der Waals surface area contributed by atoms with Crippen LogP contribution in [0.15, 0.2) is 36.8 Å². The van der Waals surface area contributed by atoms with Crippen LogP contribution >= 0.6 is 0 Å². The number of aliphatic hydroxyl groups is 1. The van der Waals surface area contributed by atoms with Gasteiger partial charge in [0.15, 0.2) is 0 Å². The van der Waals surface area contributed by atoms with Crippen LogP contribution in [0.25, 0.3) is 22.0 Å². The van der Waals surface area contributed by atoms with E-state index in [1.165, 1.54) is 6.20 Å². The van der Waals surface area contributed by atoms with Gasteiger partial charge in [-0.2, -0.15) is 5.10 Å². The number of rotatable bonds is 7. The number of anilines is 1. The number of pyridine rings is 1. The van der Waals surface area contributed by atoms with Gasteiger partial charge in [0, 0.05) is 48.8 Å². The summed E-state index contributed by atoms with van der Waals surface area (Å²) in [4.78, 5) is 17.3. The lowest BCUT2D eigenvalue weighted by molar-refractivity contribution is -0.0793. The smallest absolute Gasteiger partial charge is 0.254 e. The predicted molar refractivity (Wildman–Crippen MR) is 114 cm³/mol. The molecular formula is C22H25F2N5O2. The third kappa shape index (κ3) is 4.82. The average molecular weight is 429 g/mol. The van der Waals surface area contributed by atoms with E-state index in [1.807, 2.05) is 18.2 Å². The number of hydrogen-bond acceptors (Lipinski definition) is 5. The summed E-state index contributed by atoms with van der Waals surface area (Å²) in [6.07, 6.45) is 4.71. The minimum atomic E-state index is -2.68. The van der Waals surface area contributed by atoms with Crippen molar-refractivity contribution in [2.24, 2.45) is 0 Å². The lowest BCUT2D eigenvalue weighted by atomic mass is 9.87. The van der Waals surface area contributed by atoms with Gasteiger partial charge in [0.2, 0.25) is 0 Å². The summed E-state index contributed by atoms with van der Waals surface area (Å²) in [6.45, 7) is 3.60. The Labute approximate surface area is 178 Å².